The molecule has 19 heavy (non-hydrogen) atoms. The average Bonchev–Trinajstić information content (AvgIpc) is 3.27. The summed E-state index contributed by atoms with van der Waals surface area (Å²) in [5.41, 5.74) is 0.841. The van der Waals surface area contributed by atoms with Crippen LogP contribution in [0.5, 0.6) is 0 Å². The highest BCUT2D eigenvalue weighted by Gasteiger charge is 2.38. The monoisotopic (exact) mass is 258 g/mol. The van der Waals surface area contributed by atoms with Crippen LogP contribution in [0.1, 0.15) is 36.0 Å². The maximum Gasteiger partial charge on any atom is 0.254 e. The van der Waals surface area contributed by atoms with Crippen LogP contribution in [0.2, 0.25) is 0 Å². The molecule has 1 heterocycles. The molecule has 2 aliphatic rings. The van der Waals surface area contributed by atoms with E-state index in [1.54, 1.807) is 0 Å². The Morgan fingerprint density at radius 2 is 1.63 bits per heavy atom. The number of piperidine rings is 1. The van der Waals surface area contributed by atoms with Crippen molar-refractivity contribution in [2.24, 2.45) is 0 Å². The number of benzene rings is 1. The van der Waals surface area contributed by atoms with Crippen molar-refractivity contribution in [3.8, 4) is 0 Å². The van der Waals surface area contributed by atoms with Crippen molar-refractivity contribution >= 4 is 5.91 Å². The summed E-state index contributed by atoms with van der Waals surface area (Å²) < 4.78 is 0. The molecule has 1 saturated carbocycles. The van der Waals surface area contributed by atoms with Gasteiger partial charge < -0.3 is 9.80 Å². The molecule has 3 nitrogen and oxygen atoms in total. The van der Waals surface area contributed by atoms with Crippen LogP contribution in [-0.4, -0.2) is 47.9 Å². The van der Waals surface area contributed by atoms with Crippen LogP contribution in [0.3, 0.4) is 0 Å². The molecule has 3 rings (SSSR count). The van der Waals surface area contributed by atoms with Crippen LogP contribution in [-0.2, 0) is 0 Å². The predicted molar refractivity (Wildman–Crippen MR) is 76.2 cm³/mol. The summed E-state index contributed by atoms with van der Waals surface area (Å²) in [5, 5.41) is 0. The van der Waals surface area contributed by atoms with Gasteiger partial charge in [-0.25, -0.2) is 0 Å². The topological polar surface area (TPSA) is 23.6 Å². The Labute approximate surface area is 115 Å². The van der Waals surface area contributed by atoms with Gasteiger partial charge in [0, 0.05) is 17.6 Å². The Balaban J connectivity index is 1.76. The Morgan fingerprint density at radius 1 is 1.05 bits per heavy atom. The lowest BCUT2D eigenvalue weighted by atomic mass is 10.0. The van der Waals surface area contributed by atoms with Crippen molar-refractivity contribution in [1.29, 1.82) is 0 Å². The quantitative estimate of drug-likeness (QED) is 0.831. The first-order valence-electron chi connectivity index (χ1n) is 7.32. The summed E-state index contributed by atoms with van der Waals surface area (Å²) in [6.45, 7) is 2.21. The van der Waals surface area contributed by atoms with E-state index in [2.05, 4.69) is 16.8 Å². The lowest BCUT2D eigenvalue weighted by Gasteiger charge is -2.37. The Bertz CT molecular complexity index is 433. The lowest BCUT2D eigenvalue weighted by Crippen LogP contribution is -2.47. The van der Waals surface area contributed by atoms with Gasteiger partial charge >= 0.3 is 0 Å². The third-order valence-electron chi connectivity index (χ3n) is 4.28. The molecule has 0 bridgehead atoms. The largest absolute Gasteiger partial charge is 0.333 e. The van der Waals surface area contributed by atoms with Crippen LogP contribution in [0.25, 0.3) is 0 Å². The molecule has 0 radical (unpaired) electrons. The highest BCUT2D eigenvalue weighted by atomic mass is 16.2. The van der Waals surface area contributed by atoms with Crippen LogP contribution >= 0.6 is 0 Å². The maximum absolute atomic E-state index is 12.7. The van der Waals surface area contributed by atoms with Gasteiger partial charge in [0.2, 0.25) is 0 Å². The minimum atomic E-state index is 0.234. The Morgan fingerprint density at radius 3 is 2.21 bits per heavy atom. The van der Waals surface area contributed by atoms with Gasteiger partial charge in [0.1, 0.15) is 0 Å². The zero-order valence-electron chi connectivity index (χ0n) is 11.6. The number of carbonyl (C=O) groups excluding carboxylic acids is 1. The first-order chi connectivity index (χ1) is 9.25. The summed E-state index contributed by atoms with van der Waals surface area (Å²) in [6.07, 6.45) is 4.60. The van der Waals surface area contributed by atoms with Crippen LogP contribution < -0.4 is 0 Å². The van der Waals surface area contributed by atoms with E-state index in [1.807, 2.05) is 30.3 Å². The van der Waals surface area contributed by atoms with Crippen molar-refractivity contribution in [2.45, 2.75) is 37.8 Å². The molecule has 1 aromatic carbocycles. The van der Waals surface area contributed by atoms with Gasteiger partial charge in [-0.1, -0.05) is 18.2 Å². The lowest BCUT2D eigenvalue weighted by molar-refractivity contribution is 0.0569. The van der Waals surface area contributed by atoms with Gasteiger partial charge in [-0.2, -0.15) is 0 Å². The summed E-state index contributed by atoms with van der Waals surface area (Å²) in [4.78, 5) is 17.3. The standard InChI is InChI=1S/C16H22N2O/c1-17-11-9-15(10-12-17)18(14-7-8-14)16(19)13-5-3-2-4-6-13/h2-6,14-15H,7-12H2,1H3. The second kappa shape index (κ2) is 5.33. The third-order valence-corrected chi connectivity index (χ3v) is 4.28. The van der Waals surface area contributed by atoms with Crippen molar-refractivity contribution in [3.63, 3.8) is 0 Å². The first-order valence-corrected chi connectivity index (χ1v) is 7.32. The molecular weight excluding hydrogens is 236 g/mol. The van der Waals surface area contributed by atoms with E-state index in [0.717, 1.165) is 31.5 Å². The smallest absolute Gasteiger partial charge is 0.254 e. The van der Waals surface area contributed by atoms with E-state index < -0.39 is 0 Å². The molecule has 1 aromatic rings. The number of rotatable bonds is 3. The van der Waals surface area contributed by atoms with Crippen molar-refractivity contribution in [3.05, 3.63) is 35.9 Å². The minimum absolute atomic E-state index is 0.234. The van der Waals surface area contributed by atoms with E-state index >= 15 is 0 Å². The van der Waals surface area contributed by atoms with Gasteiger partial charge in [0.25, 0.3) is 5.91 Å². The number of likely N-dealkylation sites (tertiary alicyclic amines) is 1. The van der Waals surface area contributed by atoms with Gasteiger partial charge in [0.05, 0.1) is 0 Å². The predicted octanol–water partition coefficient (Wildman–Crippen LogP) is 2.39. The molecule has 102 valence electrons. The first kappa shape index (κ1) is 12.7. The zero-order chi connectivity index (χ0) is 13.2. The summed E-state index contributed by atoms with van der Waals surface area (Å²) >= 11 is 0. The molecule has 1 aliphatic carbocycles. The van der Waals surface area contributed by atoms with Crippen molar-refractivity contribution in [1.82, 2.24) is 9.80 Å². The fraction of sp³-hybridized carbons (Fsp3) is 0.562. The van der Waals surface area contributed by atoms with Crippen molar-refractivity contribution in [2.75, 3.05) is 20.1 Å². The number of hydrogen-bond donors (Lipinski definition) is 0. The number of amides is 1. The molecule has 0 N–H and O–H groups in total. The van der Waals surface area contributed by atoms with Crippen LogP contribution in [0.15, 0.2) is 30.3 Å². The molecule has 0 spiro atoms. The number of nitrogens with zero attached hydrogens (tertiary/aromatic N) is 2. The highest BCUT2D eigenvalue weighted by Crippen LogP contribution is 2.33. The highest BCUT2D eigenvalue weighted by molar-refractivity contribution is 5.94. The molecule has 0 atom stereocenters. The van der Waals surface area contributed by atoms with E-state index in [0.29, 0.717) is 12.1 Å². The van der Waals surface area contributed by atoms with Gasteiger partial charge in [-0.3, -0.25) is 4.79 Å². The number of hydrogen-bond acceptors (Lipinski definition) is 2. The second-order valence-electron chi connectivity index (χ2n) is 5.84. The SMILES string of the molecule is CN1CCC(N(C(=O)c2ccccc2)C2CC2)CC1. The molecule has 2 fully saturated rings. The number of carbonyl (C=O) groups is 1. The van der Waals surface area contributed by atoms with E-state index in [4.69, 9.17) is 0 Å². The second-order valence-corrected chi connectivity index (χ2v) is 5.84. The van der Waals surface area contributed by atoms with Gasteiger partial charge in [-0.05, 0) is 58.0 Å². The fourth-order valence-corrected chi connectivity index (χ4v) is 2.99. The Kier molecular flexibility index (Phi) is 3.56. The molecule has 1 aliphatic heterocycles. The molecule has 0 aromatic heterocycles. The molecule has 3 heteroatoms. The normalized spacial score (nSPS) is 21.3. The minimum Gasteiger partial charge on any atom is -0.333 e. The Hall–Kier alpha value is -1.35. The van der Waals surface area contributed by atoms with Gasteiger partial charge in [-0.15, -0.1) is 0 Å². The van der Waals surface area contributed by atoms with E-state index in [1.165, 1.54) is 12.8 Å². The summed E-state index contributed by atoms with van der Waals surface area (Å²) in [5.74, 6) is 0.234. The molecule has 0 unspecified atom stereocenters. The van der Waals surface area contributed by atoms with Crippen LogP contribution in [0, 0.1) is 0 Å². The zero-order valence-corrected chi connectivity index (χ0v) is 11.6. The summed E-state index contributed by atoms with van der Waals surface area (Å²) in [6, 6.07) is 10.7. The van der Waals surface area contributed by atoms with E-state index in [9.17, 15) is 4.79 Å². The molecule has 1 amide bonds. The third kappa shape index (κ3) is 2.81. The maximum atomic E-state index is 12.7. The average molecular weight is 258 g/mol. The molecular formula is C16H22N2O. The van der Waals surface area contributed by atoms with Gasteiger partial charge in [0.15, 0.2) is 0 Å². The fourth-order valence-electron chi connectivity index (χ4n) is 2.99. The molecule has 1 saturated heterocycles. The van der Waals surface area contributed by atoms with Crippen LogP contribution in [0.4, 0.5) is 0 Å². The summed E-state index contributed by atoms with van der Waals surface area (Å²) in [7, 11) is 2.16. The van der Waals surface area contributed by atoms with E-state index in [-0.39, 0.29) is 5.91 Å². The van der Waals surface area contributed by atoms with Crippen molar-refractivity contribution < 1.29 is 4.79 Å².